The first kappa shape index (κ1) is 26.7. The summed E-state index contributed by atoms with van der Waals surface area (Å²) in [4.78, 5) is 10.2. The Bertz CT molecular complexity index is 1000. The number of ether oxygens (including phenoxy) is 1. The Labute approximate surface area is 201 Å². The van der Waals surface area contributed by atoms with Gasteiger partial charge < -0.3 is 20.7 Å². The number of nitrogens with zero attached hydrogens (tertiary/aromatic N) is 4. The molecule has 0 radical (unpaired) electrons. The summed E-state index contributed by atoms with van der Waals surface area (Å²) in [6.45, 7) is 1.73. The van der Waals surface area contributed by atoms with E-state index >= 15 is 0 Å². The molecule has 182 valence electrons. The molecule has 0 aliphatic heterocycles. The second kappa shape index (κ2) is 13.3. The molecule has 2 aromatic rings. The fourth-order valence-corrected chi connectivity index (χ4v) is 2.66. The molecule has 0 spiro atoms. The van der Waals surface area contributed by atoms with Crippen LogP contribution in [0.25, 0.3) is 0 Å². The normalized spacial score (nSPS) is 12.5. The van der Waals surface area contributed by atoms with Gasteiger partial charge in [0.05, 0.1) is 11.9 Å². The molecule has 2 rings (SSSR count). The minimum absolute atomic E-state index is 0.227. The van der Waals surface area contributed by atoms with Crippen LogP contribution in [0.1, 0.15) is 17.5 Å². The zero-order chi connectivity index (χ0) is 25.0. The molecule has 0 amide bonds. The summed E-state index contributed by atoms with van der Waals surface area (Å²) < 4.78 is 40.4. The van der Waals surface area contributed by atoms with Crippen molar-refractivity contribution in [3.05, 3.63) is 59.7 Å². The highest BCUT2D eigenvalue weighted by molar-refractivity contribution is 7.80. The maximum Gasteiger partial charge on any atom is 0.573 e. The van der Waals surface area contributed by atoms with Gasteiger partial charge >= 0.3 is 6.36 Å². The number of hydrogen-bond acceptors (Lipinski definition) is 5. The summed E-state index contributed by atoms with van der Waals surface area (Å²) in [7, 11) is 4.03. The van der Waals surface area contributed by atoms with Crippen LogP contribution in [0.5, 0.6) is 5.75 Å². The van der Waals surface area contributed by atoms with Crippen LogP contribution in [-0.4, -0.2) is 61.9 Å². The van der Waals surface area contributed by atoms with Crippen LogP contribution in [0.4, 0.5) is 18.9 Å². The molecule has 0 aliphatic rings. The molecular weight excluding hydrogens is 467 g/mol. The van der Waals surface area contributed by atoms with Crippen molar-refractivity contribution in [2.75, 3.05) is 27.2 Å². The summed E-state index contributed by atoms with van der Waals surface area (Å²) in [5, 5.41) is 7.62. The molecular formula is C22H26F3N7OS. The maximum absolute atomic E-state index is 12.2. The molecule has 0 saturated carbocycles. The highest BCUT2D eigenvalue weighted by Gasteiger charge is 2.30. The third kappa shape index (κ3) is 10.9. The number of alkyl halides is 3. The predicted octanol–water partition coefficient (Wildman–Crippen LogP) is 3.40. The Kier molecular flexibility index (Phi) is 10.4. The Morgan fingerprint density at radius 3 is 2.41 bits per heavy atom. The van der Waals surface area contributed by atoms with E-state index in [-0.39, 0.29) is 11.6 Å². The van der Waals surface area contributed by atoms with E-state index in [4.69, 9.17) is 18.0 Å². The van der Waals surface area contributed by atoms with E-state index in [0.29, 0.717) is 16.4 Å². The fraction of sp³-hybridized carbons (Fsp3) is 0.273. The Hall–Kier alpha value is -3.51. The van der Waals surface area contributed by atoms with Crippen LogP contribution >= 0.6 is 12.2 Å². The van der Waals surface area contributed by atoms with E-state index in [1.165, 1.54) is 18.5 Å². The highest BCUT2D eigenvalue weighted by atomic mass is 32.1. The molecule has 0 heterocycles. The number of hydrazone groups is 1. The number of hydrogen-bond donors (Lipinski definition) is 3. The zero-order valence-corrected chi connectivity index (χ0v) is 19.5. The van der Waals surface area contributed by atoms with Crippen molar-refractivity contribution in [1.29, 1.82) is 0 Å². The number of halogens is 3. The second-order valence-corrected chi connectivity index (χ2v) is 7.61. The van der Waals surface area contributed by atoms with E-state index < -0.39 is 6.36 Å². The van der Waals surface area contributed by atoms with Crippen molar-refractivity contribution in [2.24, 2.45) is 20.8 Å². The summed E-state index contributed by atoms with van der Waals surface area (Å²) >= 11 is 5.16. The Morgan fingerprint density at radius 1 is 1.12 bits per heavy atom. The zero-order valence-electron chi connectivity index (χ0n) is 18.7. The minimum atomic E-state index is -4.74. The van der Waals surface area contributed by atoms with E-state index in [1.807, 2.05) is 26.2 Å². The quantitative estimate of drug-likeness (QED) is 0.154. The van der Waals surface area contributed by atoms with E-state index in [9.17, 15) is 13.2 Å². The number of amidine groups is 1. The van der Waals surface area contributed by atoms with Crippen molar-refractivity contribution in [3.63, 3.8) is 0 Å². The van der Waals surface area contributed by atoms with Gasteiger partial charge in [-0.25, -0.2) is 9.98 Å². The van der Waals surface area contributed by atoms with Crippen LogP contribution in [0, 0.1) is 0 Å². The van der Waals surface area contributed by atoms with Crippen molar-refractivity contribution in [1.82, 2.24) is 15.6 Å². The second-order valence-electron chi connectivity index (χ2n) is 7.21. The first-order chi connectivity index (χ1) is 16.1. The molecule has 34 heavy (non-hydrogen) atoms. The largest absolute Gasteiger partial charge is 0.573 e. The van der Waals surface area contributed by atoms with Crippen LogP contribution < -0.4 is 21.2 Å². The van der Waals surface area contributed by atoms with Crippen molar-refractivity contribution < 1.29 is 17.9 Å². The third-order valence-electron chi connectivity index (χ3n) is 4.13. The van der Waals surface area contributed by atoms with Gasteiger partial charge in [-0.05, 0) is 69.1 Å². The summed E-state index contributed by atoms with van der Waals surface area (Å²) in [5.74, 6) is -0.100. The Balaban J connectivity index is 1.83. The lowest BCUT2D eigenvalue weighted by Crippen LogP contribution is -2.33. The van der Waals surface area contributed by atoms with Crippen LogP contribution in [-0.2, 0) is 0 Å². The molecule has 8 nitrogen and oxygen atoms in total. The number of rotatable bonds is 10. The van der Waals surface area contributed by atoms with Gasteiger partial charge in [-0.1, -0.05) is 24.3 Å². The summed E-state index contributed by atoms with van der Waals surface area (Å²) in [5.41, 5.74) is 10.6. The van der Waals surface area contributed by atoms with Gasteiger partial charge in [-0.3, -0.25) is 5.43 Å². The fourth-order valence-electron chi connectivity index (χ4n) is 2.51. The van der Waals surface area contributed by atoms with E-state index in [1.54, 1.807) is 18.3 Å². The monoisotopic (exact) mass is 493 g/mol. The molecule has 0 aliphatic carbocycles. The smallest absolute Gasteiger partial charge is 0.406 e. The van der Waals surface area contributed by atoms with Gasteiger partial charge in [0, 0.05) is 12.1 Å². The first-order valence-corrected chi connectivity index (χ1v) is 10.6. The van der Waals surface area contributed by atoms with Crippen LogP contribution in [0.2, 0.25) is 0 Å². The SMILES string of the molecule is CN(C)CCCNC(=S)NN=Cc1ccc(C(N)=NC=Nc2ccc(OC(F)(F)F)cc2)cc1. The molecule has 0 bridgehead atoms. The van der Waals surface area contributed by atoms with Gasteiger partial charge in [0.2, 0.25) is 0 Å². The highest BCUT2D eigenvalue weighted by Crippen LogP contribution is 2.24. The maximum atomic E-state index is 12.2. The van der Waals surface area contributed by atoms with Gasteiger partial charge in [-0.15, -0.1) is 13.2 Å². The predicted molar refractivity (Wildman–Crippen MR) is 133 cm³/mol. The van der Waals surface area contributed by atoms with Gasteiger partial charge in [0.15, 0.2) is 5.11 Å². The number of thiocarbonyl (C=S) groups is 1. The van der Waals surface area contributed by atoms with E-state index in [0.717, 1.165) is 37.2 Å². The van der Waals surface area contributed by atoms with Crippen molar-refractivity contribution in [2.45, 2.75) is 12.8 Å². The molecule has 0 fully saturated rings. The molecule has 0 unspecified atom stereocenters. The summed E-state index contributed by atoms with van der Waals surface area (Å²) in [6, 6.07) is 12.2. The lowest BCUT2D eigenvalue weighted by Gasteiger charge is -2.10. The molecule has 2 aromatic carbocycles. The topological polar surface area (TPSA) is 99.6 Å². The van der Waals surface area contributed by atoms with Gasteiger partial charge in [-0.2, -0.15) is 5.10 Å². The average Bonchev–Trinajstić information content (AvgIpc) is 2.77. The molecule has 0 aromatic heterocycles. The standard InChI is InChI=1S/C22H26F3N7OS/c1-32(2)13-3-12-27-21(34)31-30-14-16-4-6-17(7-5-16)20(26)29-15-28-18-8-10-19(11-9-18)33-22(23,24)25/h4-11,14-15H,3,12-13H2,1-2H3,(H2,26,28,29)(H2,27,31,34). The number of nitrogens with one attached hydrogen (secondary N) is 2. The third-order valence-corrected chi connectivity index (χ3v) is 4.36. The first-order valence-electron chi connectivity index (χ1n) is 10.2. The number of benzene rings is 2. The summed E-state index contributed by atoms with van der Waals surface area (Å²) in [6.07, 6.45) is -0.923. The van der Waals surface area contributed by atoms with Gasteiger partial charge in [0.1, 0.15) is 17.9 Å². The Morgan fingerprint density at radius 2 is 1.79 bits per heavy atom. The molecule has 12 heteroatoms. The molecule has 0 atom stereocenters. The lowest BCUT2D eigenvalue weighted by atomic mass is 10.1. The van der Waals surface area contributed by atoms with Crippen LogP contribution in [0.15, 0.2) is 63.6 Å². The van der Waals surface area contributed by atoms with Crippen LogP contribution in [0.3, 0.4) is 0 Å². The minimum Gasteiger partial charge on any atom is -0.406 e. The van der Waals surface area contributed by atoms with Gasteiger partial charge in [0.25, 0.3) is 0 Å². The average molecular weight is 494 g/mol. The van der Waals surface area contributed by atoms with Crippen molar-refractivity contribution in [3.8, 4) is 5.75 Å². The number of nitrogens with two attached hydrogens (primary N) is 1. The van der Waals surface area contributed by atoms with E-state index in [2.05, 4.69) is 35.5 Å². The van der Waals surface area contributed by atoms with Crippen molar-refractivity contribution >= 4 is 41.4 Å². The molecule has 4 N–H and O–H groups in total. The lowest BCUT2D eigenvalue weighted by molar-refractivity contribution is -0.274. The molecule has 0 saturated heterocycles. The number of aliphatic imine (C=N–C) groups is 2.